The number of hydrogen-bond acceptors (Lipinski definition) is 1. The van der Waals surface area contributed by atoms with Crippen molar-refractivity contribution >= 4 is 15.9 Å². The molecule has 0 amide bonds. The highest BCUT2D eigenvalue weighted by molar-refractivity contribution is 9.09. The largest absolute Gasteiger partial charge is 0.385 e. The third-order valence-corrected chi connectivity index (χ3v) is 3.92. The molecule has 0 aliphatic heterocycles. The van der Waals surface area contributed by atoms with Crippen LogP contribution in [0.15, 0.2) is 0 Å². The van der Waals surface area contributed by atoms with Gasteiger partial charge in [-0.15, -0.1) is 0 Å². The highest BCUT2D eigenvalue weighted by atomic mass is 79.9. The Labute approximate surface area is 78.6 Å². The van der Waals surface area contributed by atoms with Crippen LogP contribution in [0.25, 0.3) is 0 Å². The Balaban J connectivity index is 3.55. The van der Waals surface area contributed by atoms with Gasteiger partial charge in [-0.2, -0.15) is 0 Å². The van der Waals surface area contributed by atoms with Gasteiger partial charge in [0.25, 0.3) is 0 Å². The van der Waals surface area contributed by atoms with Crippen molar-refractivity contribution in [2.75, 3.05) is 13.7 Å². The Bertz CT molecular complexity index is 93.6. The first kappa shape index (κ1) is 11.4. The lowest BCUT2D eigenvalue weighted by Crippen LogP contribution is -2.18. The summed E-state index contributed by atoms with van der Waals surface area (Å²) >= 11 is 3.68. The molecular formula is C9H19BrO. The molecule has 0 aliphatic carbocycles. The molecule has 2 atom stereocenters. The van der Waals surface area contributed by atoms with Crippen LogP contribution in [-0.4, -0.2) is 18.5 Å². The van der Waals surface area contributed by atoms with Gasteiger partial charge < -0.3 is 4.74 Å². The van der Waals surface area contributed by atoms with E-state index in [1.165, 1.54) is 0 Å². The zero-order valence-electron chi connectivity index (χ0n) is 7.93. The summed E-state index contributed by atoms with van der Waals surface area (Å²) in [5.41, 5.74) is 0. The van der Waals surface area contributed by atoms with E-state index >= 15 is 0 Å². The normalized spacial score (nSPS) is 16.9. The van der Waals surface area contributed by atoms with Gasteiger partial charge in [-0.25, -0.2) is 0 Å². The lowest BCUT2D eigenvalue weighted by molar-refractivity contribution is 0.177. The van der Waals surface area contributed by atoms with Crippen molar-refractivity contribution in [3.05, 3.63) is 0 Å². The average molecular weight is 223 g/mol. The zero-order chi connectivity index (χ0) is 8.85. The summed E-state index contributed by atoms with van der Waals surface area (Å²) in [4.78, 5) is 0.623. The van der Waals surface area contributed by atoms with E-state index in [-0.39, 0.29) is 0 Å². The molecule has 0 aromatic rings. The molecule has 0 aromatic heterocycles. The molecule has 0 N–H and O–H groups in total. The second kappa shape index (κ2) is 6.01. The van der Waals surface area contributed by atoms with E-state index < -0.39 is 0 Å². The highest BCUT2D eigenvalue weighted by Crippen LogP contribution is 2.23. The monoisotopic (exact) mass is 222 g/mol. The summed E-state index contributed by atoms with van der Waals surface area (Å²) in [6.45, 7) is 7.61. The highest BCUT2D eigenvalue weighted by Gasteiger charge is 2.16. The third-order valence-electron chi connectivity index (χ3n) is 1.96. The van der Waals surface area contributed by atoms with E-state index in [4.69, 9.17) is 4.74 Å². The Morgan fingerprint density at radius 2 is 1.82 bits per heavy atom. The minimum Gasteiger partial charge on any atom is -0.385 e. The minimum absolute atomic E-state index is 0.623. The second-order valence-corrected chi connectivity index (χ2v) is 4.50. The molecular weight excluding hydrogens is 204 g/mol. The number of rotatable bonds is 5. The first-order chi connectivity index (χ1) is 5.09. The lowest BCUT2D eigenvalue weighted by atomic mass is 9.96. The molecule has 0 radical (unpaired) electrons. The van der Waals surface area contributed by atoms with Crippen molar-refractivity contribution < 1.29 is 4.74 Å². The number of hydrogen-bond donors (Lipinski definition) is 0. The summed E-state index contributed by atoms with van der Waals surface area (Å²) in [7, 11) is 1.76. The Morgan fingerprint density at radius 3 is 2.18 bits per heavy atom. The van der Waals surface area contributed by atoms with E-state index in [1.807, 2.05) is 0 Å². The van der Waals surface area contributed by atoms with Crippen LogP contribution in [0, 0.1) is 11.8 Å². The number of ether oxygens (including phenoxy) is 1. The topological polar surface area (TPSA) is 9.23 Å². The predicted molar refractivity (Wildman–Crippen MR) is 53.2 cm³/mol. The standard InChI is InChI=1S/C9H19BrO/c1-7(2)9(10)8(3)5-6-11-4/h7-9H,5-6H2,1-4H3. The first-order valence-corrected chi connectivity index (χ1v) is 5.14. The van der Waals surface area contributed by atoms with Gasteiger partial charge in [0, 0.05) is 18.5 Å². The zero-order valence-corrected chi connectivity index (χ0v) is 9.52. The smallest absolute Gasteiger partial charge is 0.0465 e. The summed E-state index contributed by atoms with van der Waals surface area (Å²) in [5, 5.41) is 0. The molecule has 0 spiro atoms. The fourth-order valence-electron chi connectivity index (χ4n) is 1.12. The van der Waals surface area contributed by atoms with Crippen molar-refractivity contribution in [3.63, 3.8) is 0 Å². The van der Waals surface area contributed by atoms with Crippen LogP contribution in [0.3, 0.4) is 0 Å². The van der Waals surface area contributed by atoms with Crippen LogP contribution in [0.1, 0.15) is 27.2 Å². The van der Waals surface area contributed by atoms with Crippen molar-refractivity contribution in [1.29, 1.82) is 0 Å². The van der Waals surface area contributed by atoms with Crippen LogP contribution in [0.5, 0.6) is 0 Å². The molecule has 0 fully saturated rings. The summed E-state index contributed by atoms with van der Waals surface area (Å²) in [5.74, 6) is 1.41. The van der Waals surface area contributed by atoms with E-state index in [0.29, 0.717) is 16.7 Å². The maximum atomic E-state index is 5.02. The molecule has 0 rings (SSSR count). The van der Waals surface area contributed by atoms with Gasteiger partial charge >= 0.3 is 0 Å². The minimum atomic E-state index is 0.623. The molecule has 68 valence electrons. The van der Waals surface area contributed by atoms with Crippen LogP contribution in [0.2, 0.25) is 0 Å². The number of methoxy groups -OCH3 is 1. The number of halogens is 1. The fourth-order valence-corrected chi connectivity index (χ4v) is 1.38. The Kier molecular flexibility index (Phi) is 6.25. The van der Waals surface area contributed by atoms with Gasteiger partial charge in [-0.3, -0.25) is 0 Å². The molecule has 2 unspecified atom stereocenters. The van der Waals surface area contributed by atoms with Gasteiger partial charge in [0.15, 0.2) is 0 Å². The van der Waals surface area contributed by atoms with Crippen molar-refractivity contribution in [3.8, 4) is 0 Å². The van der Waals surface area contributed by atoms with E-state index in [2.05, 4.69) is 36.7 Å². The van der Waals surface area contributed by atoms with Gasteiger partial charge in [-0.05, 0) is 18.3 Å². The molecule has 2 heteroatoms. The molecule has 1 nitrogen and oxygen atoms in total. The molecule has 0 aromatic carbocycles. The maximum Gasteiger partial charge on any atom is 0.0465 e. The van der Waals surface area contributed by atoms with Crippen molar-refractivity contribution in [2.24, 2.45) is 11.8 Å². The number of alkyl halides is 1. The molecule has 0 bridgehead atoms. The van der Waals surface area contributed by atoms with E-state index in [0.717, 1.165) is 13.0 Å². The predicted octanol–water partition coefficient (Wildman–Crippen LogP) is 3.08. The SMILES string of the molecule is COCCC(C)C(Br)C(C)C. The molecule has 0 saturated heterocycles. The van der Waals surface area contributed by atoms with Gasteiger partial charge in [0.05, 0.1) is 0 Å². The Hall–Kier alpha value is 0.440. The summed E-state index contributed by atoms with van der Waals surface area (Å²) < 4.78 is 5.02. The van der Waals surface area contributed by atoms with Crippen molar-refractivity contribution in [2.45, 2.75) is 32.0 Å². The quantitative estimate of drug-likeness (QED) is 0.651. The van der Waals surface area contributed by atoms with E-state index in [1.54, 1.807) is 7.11 Å². The van der Waals surface area contributed by atoms with Gasteiger partial charge in [0.1, 0.15) is 0 Å². The lowest BCUT2D eigenvalue weighted by Gasteiger charge is -2.21. The molecule has 0 heterocycles. The van der Waals surface area contributed by atoms with Crippen LogP contribution < -0.4 is 0 Å². The van der Waals surface area contributed by atoms with Crippen LogP contribution >= 0.6 is 15.9 Å². The Morgan fingerprint density at radius 1 is 1.27 bits per heavy atom. The second-order valence-electron chi connectivity index (χ2n) is 3.45. The molecule has 0 saturated carbocycles. The average Bonchev–Trinajstić information content (AvgIpc) is 1.98. The summed E-state index contributed by atoms with van der Waals surface area (Å²) in [6.07, 6.45) is 1.14. The third kappa shape index (κ3) is 4.81. The molecule has 11 heavy (non-hydrogen) atoms. The summed E-state index contributed by atoms with van der Waals surface area (Å²) in [6, 6.07) is 0. The van der Waals surface area contributed by atoms with E-state index in [9.17, 15) is 0 Å². The maximum absolute atomic E-state index is 5.02. The van der Waals surface area contributed by atoms with Gasteiger partial charge in [0.2, 0.25) is 0 Å². The fraction of sp³-hybridized carbons (Fsp3) is 1.00. The van der Waals surface area contributed by atoms with Crippen LogP contribution in [-0.2, 0) is 4.74 Å². The van der Waals surface area contributed by atoms with Crippen molar-refractivity contribution in [1.82, 2.24) is 0 Å². The van der Waals surface area contributed by atoms with Gasteiger partial charge in [-0.1, -0.05) is 36.7 Å². The van der Waals surface area contributed by atoms with Crippen LogP contribution in [0.4, 0.5) is 0 Å². The first-order valence-electron chi connectivity index (χ1n) is 4.22. The molecule has 0 aliphatic rings.